The maximum atomic E-state index is 10.9. The van der Waals surface area contributed by atoms with E-state index in [1.54, 1.807) is 6.92 Å². The molecule has 0 radical (unpaired) electrons. The molecule has 7 nitrogen and oxygen atoms in total. The lowest BCUT2D eigenvalue weighted by molar-refractivity contribution is -0.176. The first-order chi connectivity index (χ1) is 8.36. The second-order valence-corrected chi connectivity index (χ2v) is 4.08. The van der Waals surface area contributed by atoms with E-state index < -0.39 is 42.6 Å². The number of methoxy groups -OCH3 is 1. The standard InChI is InChI=1S/C11H18O7/c1-5(16-6(2)12)8-9(15-4)10(11(14)18-8)17-7(3)13/h5,8-11,14H,1-4H3. The monoisotopic (exact) mass is 262 g/mol. The van der Waals surface area contributed by atoms with Crippen molar-refractivity contribution in [3.63, 3.8) is 0 Å². The second kappa shape index (κ2) is 6.12. The van der Waals surface area contributed by atoms with Crippen LogP contribution in [0.1, 0.15) is 20.8 Å². The highest BCUT2D eigenvalue weighted by Gasteiger charge is 2.49. The minimum Gasteiger partial charge on any atom is -0.460 e. The summed E-state index contributed by atoms with van der Waals surface area (Å²) in [4.78, 5) is 21.8. The molecule has 0 aromatic heterocycles. The van der Waals surface area contributed by atoms with Gasteiger partial charge in [-0.15, -0.1) is 0 Å². The number of rotatable bonds is 4. The smallest absolute Gasteiger partial charge is 0.303 e. The fourth-order valence-corrected chi connectivity index (χ4v) is 1.96. The zero-order valence-electron chi connectivity index (χ0n) is 10.8. The van der Waals surface area contributed by atoms with Gasteiger partial charge in [0.2, 0.25) is 0 Å². The van der Waals surface area contributed by atoms with E-state index in [9.17, 15) is 14.7 Å². The van der Waals surface area contributed by atoms with Crippen molar-refractivity contribution >= 4 is 11.9 Å². The predicted molar refractivity (Wildman–Crippen MR) is 58.5 cm³/mol. The van der Waals surface area contributed by atoms with Crippen LogP contribution in [0.3, 0.4) is 0 Å². The Balaban J connectivity index is 2.76. The van der Waals surface area contributed by atoms with Gasteiger partial charge < -0.3 is 24.1 Å². The van der Waals surface area contributed by atoms with Crippen LogP contribution in [0.2, 0.25) is 0 Å². The van der Waals surface area contributed by atoms with Crippen molar-refractivity contribution in [3.05, 3.63) is 0 Å². The van der Waals surface area contributed by atoms with Gasteiger partial charge in [0, 0.05) is 21.0 Å². The summed E-state index contributed by atoms with van der Waals surface area (Å²) in [7, 11) is 1.40. The van der Waals surface area contributed by atoms with E-state index in [1.165, 1.54) is 21.0 Å². The predicted octanol–water partition coefficient (Wildman–Crippen LogP) is -0.398. The topological polar surface area (TPSA) is 91.3 Å². The molecular formula is C11H18O7. The summed E-state index contributed by atoms with van der Waals surface area (Å²) >= 11 is 0. The maximum absolute atomic E-state index is 10.9. The average Bonchev–Trinajstić information content (AvgIpc) is 2.54. The zero-order valence-corrected chi connectivity index (χ0v) is 10.8. The Morgan fingerprint density at radius 2 is 1.83 bits per heavy atom. The van der Waals surface area contributed by atoms with Gasteiger partial charge in [0.1, 0.15) is 18.3 Å². The highest BCUT2D eigenvalue weighted by atomic mass is 16.7. The first-order valence-electron chi connectivity index (χ1n) is 5.57. The summed E-state index contributed by atoms with van der Waals surface area (Å²) in [5.41, 5.74) is 0. The molecule has 0 aliphatic carbocycles. The molecule has 0 bridgehead atoms. The summed E-state index contributed by atoms with van der Waals surface area (Å²) in [5, 5.41) is 9.67. The van der Waals surface area contributed by atoms with Crippen molar-refractivity contribution in [1.82, 2.24) is 0 Å². The van der Waals surface area contributed by atoms with E-state index in [-0.39, 0.29) is 0 Å². The molecule has 18 heavy (non-hydrogen) atoms. The molecule has 0 aromatic carbocycles. The SMILES string of the molecule is COC1C(C(C)OC(C)=O)OC(O)C1OC(C)=O. The summed E-state index contributed by atoms with van der Waals surface area (Å²) in [5.74, 6) is -1.02. The summed E-state index contributed by atoms with van der Waals surface area (Å²) in [6.07, 6.45) is -4.25. The molecule has 1 N–H and O–H groups in total. The zero-order chi connectivity index (χ0) is 13.9. The molecule has 0 saturated carbocycles. The van der Waals surface area contributed by atoms with Gasteiger partial charge in [0.15, 0.2) is 12.4 Å². The largest absolute Gasteiger partial charge is 0.460 e. The highest BCUT2D eigenvalue weighted by Crippen LogP contribution is 2.28. The van der Waals surface area contributed by atoms with Gasteiger partial charge in [-0.1, -0.05) is 0 Å². The average molecular weight is 262 g/mol. The van der Waals surface area contributed by atoms with E-state index in [1.807, 2.05) is 0 Å². The number of aliphatic hydroxyl groups excluding tert-OH is 1. The second-order valence-electron chi connectivity index (χ2n) is 4.08. The van der Waals surface area contributed by atoms with E-state index >= 15 is 0 Å². The van der Waals surface area contributed by atoms with Crippen LogP contribution >= 0.6 is 0 Å². The van der Waals surface area contributed by atoms with Crippen LogP contribution in [0.5, 0.6) is 0 Å². The van der Waals surface area contributed by atoms with Crippen molar-refractivity contribution in [3.8, 4) is 0 Å². The Kier molecular flexibility index (Phi) is 5.06. The Bertz CT molecular complexity index is 317. The first kappa shape index (κ1) is 14.9. The van der Waals surface area contributed by atoms with Crippen LogP contribution in [0, 0.1) is 0 Å². The lowest BCUT2D eigenvalue weighted by Gasteiger charge is -2.24. The minimum absolute atomic E-state index is 0.466. The van der Waals surface area contributed by atoms with Gasteiger partial charge in [-0.3, -0.25) is 9.59 Å². The number of carbonyl (C=O) groups is 2. The Morgan fingerprint density at radius 1 is 1.22 bits per heavy atom. The van der Waals surface area contributed by atoms with E-state index in [0.717, 1.165) is 0 Å². The lowest BCUT2D eigenvalue weighted by Crippen LogP contribution is -2.42. The fourth-order valence-electron chi connectivity index (χ4n) is 1.96. The highest BCUT2D eigenvalue weighted by molar-refractivity contribution is 5.66. The van der Waals surface area contributed by atoms with Crippen molar-refractivity contribution in [2.45, 2.75) is 51.5 Å². The molecule has 1 aliphatic heterocycles. The number of aliphatic hydroxyl groups is 1. The molecule has 104 valence electrons. The quantitative estimate of drug-likeness (QED) is 0.689. The van der Waals surface area contributed by atoms with Crippen LogP contribution in [0.4, 0.5) is 0 Å². The molecule has 0 aromatic rings. The number of carbonyl (C=O) groups excluding carboxylic acids is 2. The van der Waals surface area contributed by atoms with Crippen molar-refractivity contribution in [2.24, 2.45) is 0 Å². The van der Waals surface area contributed by atoms with Gasteiger partial charge in [-0.05, 0) is 6.92 Å². The molecule has 1 rings (SSSR count). The Labute approximate surface area is 105 Å². The third-order valence-corrected chi connectivity index (χ3v) is 2.61. The van der Waals surface area contributed by atoms with E-state index in [2.05, 4.69) is 0 Å². The van der Waals surface area contributed by atoms with Crippen molar-refractivity contribution in [1.29, 1.82) is 0 Å². The number of ether oxygens (including phenoxy) is 4. The van der Waals surface area contributed by atoms with Gasteiger partial charge in [-0.2, -0.15) is 0 Å². The van der Waals surface area contributed by atoms with Gasteiger partial charge in [0.25, 0.3) is 0 Å². The summed E-state index contributed by atoms with van der Waals surface area (Å²) < 4.78 is 20.3. The molecule has 7 heteroatoms. The molecule has 5 atom stereocenters. The molecule has 1 aliphatic rings. The molecule has 1 fully saturated rings. The van der Waals surface area contributed by atoms with Crippen LogP contribution in [0.15, 0.2) is 0 Å². The third kappa shape index (κ3) is 3.41. The van der Waals surface area contributed by atoms with Crippen LogP contribution < -0.4 is 0 Å². The third-order valence-electron chi connectivity index (χ3n) is 2.61. The Hall–Kier alpha value is -1.18. The lowest BCUT2D eigenvalue weighted by atomic mass is 10.1. The molecule has 0 spiro atoms. The molecule has 1 heterocycles. The van der Waals surface area contributed by atoms with Crippen LogP contribution in [0.25, 0.3) is 0 Å². The maximum Gasteiger partial charge on any atom is 0.303 e. The van der Waals surface area contributed by atoms with E-state index in [4.69, 9.17) is 18.9 Å². The Morgan fingerprint density at radius 3 is 2.28 bits per heavy atom. The molecule has 1 saturated heterocycles. The first-order valence-corrected chi connectivity index (χ1v) is 5.57. The van der Waals surface area contributed by atoms with Gasteiger partial charge in [-0.25, -0.2) is 0 Å². The summed E-state index contributed by atoms with van der Waals surface area (Å²) in [6, 6.07) is 0. The van der Waals surface area contributed by atoms with Crippen molar-refractivity contribution < 1.29 is 33.6 Å². The van der Waals surface area contributed by atoms with Crippen LogP contribution in [-0.4, -0.2) is 54.9 Å². The number of hydrogen-bond acceptors (Lipinski definition) is 7. The minimum atomic E-state index is -1.30. The molecular weight excluding hydrogens is 244 g/mol. The van der Waals surface area contributed by atoms with E-state index in [0.29, 0.717) is 0 Å². The molecule has 0 amide bonds. The van der Waals surface area contributed by atoms with Crippen LogP contribution in [-0.2, 0) is 28.5 Å². The van der Waals surface area contributed by atoms with Gasteiger partial charge >= 0.3 is 11.9 Å². The van der Waals surface area contributed by atoms with Gasteiger partial charge in [0.05, 0.1) is 0 Å². The number of esters is 2. The number of hydrogen-bond donors (Lipinski definition) is 1. The fraction of sp³-hybridized carbons (Fsp3) is 0.818. The van der Waals surface area contributed by atoms with Crippen molar-refractivity contribution in [2.75, 3.05) is 7.11 Å². The normalized spacial score (nSPS) is 32.9. The molecule has 5 unspecified atom stereocenters. The summed E-state index contributed by atoms with van der Waals surface area (Å²) in [6.45, 7) is 4.11.